The van der Waals surface area contributed by atoms with Gasteiger partial charge in [-0.1, -0.05) is 0 Å². The van der Waals surface area contributed by atoms with Gasteiger partial charge < -0.3 is 15.2 Å². The minimum Gasteiger partial charge on any atom is -0.478 e. The van der Waals surface area contributed by atoms with Gasteiger partial charge in [-0.3, -0.25) is 4.98 Å². The summed E-state index contributed by atoms with van der Waals surface area (Å²) in [6.45, 7) is 1.42. The van der Waals surface area contributed by atoms with Crippen molar-refractivity contribution in [2.75, 3.05) is 25.1 Å². The van der Waals surface area contributed by atoms with Crippen LogP contribution >= 0.6 is 0 Å². The molecule has 1 heterocycles. The fraction of sp³-hybridized carbons (Fsp3) is 0.455. The standard InChI is InChI=1S/C11H14F2N2O3/c1-7-4-9(8(5-15-7)11(16)17)14-2-3-18-6-10(12)13/h4-5,10H,2-3,6H2,1H3,(H,14,15)(H,16,17). The van der Waals surface area contributed by atoms with Gasteiger partial charge in [0, 0.05) is 18.4 Å². The summed E-state index contributed by atoms with van der Waals surface area (Å²) in [5.41, 5.74) is 1.10. The number of nitrogens with one attached hydrogen (secondary N) is 1. The monoisotopic (exact) mass is 260 g/mol. The number of carbonyl (C=O) groups is 1. The zero-order valence-electron chi connectivity index (χ0n) is 9.82. The second kappa shape index (κ2) is 6.85. The van der Waals surface area contributed by atoms with E-state index < -0.39 is 19.0 Å². The van der Waals surface area contributed by atoms with Crippen molar-refractivity contribution < 1.29 is 23.4 Å². The van der Waals surface area contributed by atoms with E-state index in [1.54, 1.807) is 13.0 Å². The third-order valence-corrected chi connectivity index (χ3v) is 2.08. The van der Waals surface area contributed by atoms with Crippen LogP contribution in [0.4, 0.5) is 14.5 Å². The lowest BCUT2D eigenvalue weighted by molar-refractivity contribution is 0.0215. The number of hydrogen-bond acceptors (Lipinski definition) is 4. The molecule has 0 aliphatic heterocycles. The maximum absolute atomic E-state index is 11.8. The van der Waals surface area contributed by atoms with Crippen LogP contribution in [0.5, 0.6) is 0 Å². The van der Waals surface area contributed by atoms with E-state index in [0.717, 1.165) is 0 Å². The Bertz CT molecular complexity index is 413. The number of aromatic carboxylic acids is 1. The second-order valence-corrected chi connectivity index (χ2v) is 3.57. The fourth-order valence-corrected chi connectivity index (χ4v) is 1.31. The highest BCUT2D eigenvalue weighted by molar-refractivity contribution is 5.93. The number of aromatic nitrogens is 1. The Hall–Kier alpha value is -1.76. The third-order valence-electron chi connectivity index (χ3n) is 2.08. The quantitative estimate of drug-likeness (QED) is 0.731. The molecule has 100 valence electrons. The first-order valence-electron chi connectivity index (χ1n) is 5.30. The van der Waals surface area contributed by atoms with Crippen molar-refractivity contribution in [2.24, 2.45) is 0 Å². The molecule has 0 aliphatic carbocycles. The number of carboxylic acids is 1. The van der Waals surface area contributed by atoms with Gasteiger partial charge >= 0.3 is 5.97 Å². The van der Waals surface area contributed by atoms with Gasteiger partial charge in [-0.2, -0.15) is 0 Å². The number of anilines is 1. The Morgan fingerprint density at radius 3 is 2.94 bits per heavy atom. The van der Waals surface area contributed by atoms with E-state index >= 15 is 0 Å². The molecular formula is C11H14F2N2O3. The van der Waals surface area contributed by atoms with Gasteiger partial charge in [0.1, 0.15) is 12.2 Å². The number of nitrogens with zero attached hydrogens (tertiary/aromatic N) is 1. The van der Waals surface area contributed by atoms with Crippen LogP contribution in [0.1, 0.15) is 16.1 Å². The number of aryl methyl sites for hydroxylation is 1. The minimum atomic E-state index is -2.50. The fourth-order valence-electron chi connectivity index (χ4n) is 1.31. The predicted octanol–water partition coefficient (Wildman–Crippen LogP) is 1.78. The van der Waals surface area contributed by atoms with Crippen molar-refractivity contribution in [1.82, 2.24) is 4.98 Å². The van der Waals surface area contributed by atoms with E-state index in [4.69, 9.17) is 5.11 Å². The van der Waals surface area contributed by atoms with Gasteiger partial charge in [-0.05, 0) is 13.0 Å². The molecule has 0 saturated heterocycles. The Labute approximate surface area is 103 Å². The highest BCUT2D eigenvalue weighted by Gasteiger charge is 2.10. The van der Waals surface area contributed by atoms with Crippen LogP contribution in [-0.2, 0) is 4.74 Å². The molecule has 0 atom stereocenters. The summed E-state index contributed by atoms with van der Waals surface area (Å²) in [5, 5.41) is 11.7. The van der Waals surface area contributed by atoms with Gasteiger partial charge in [0.2, 0.25) is 0 Å². The Kier molecular flexibility index (Phi) is 5.44. The first-order valence-corrected chi connectivity index (χ1v) is 5.30. The average Bonchev–Trinajstić information content (AvgIpc) is 2.27. The van der Waals surface area contributed by atoms with Crippen LogP contribution in [0.15, 0.2) is 12.3 Å². The highest BCUT2D eigenvalue weighted by atomic mass is 19.3. The predicted molar refractivity (Wildman–Crippen MR) is 61.2 cm³/mol. The summed E-state index contributed by atoms with van der Waals surface area (Å²) >= 11 is 0. The first-order chi connectivity index (χ1) is 8.50. The molecule has 7 heteroatoms. The molecule has 0 unspecified atom stereocenters. The largest absolute Gasteiger partial charge is 0.478 e. The summed E-state index contributed by atoms with van der Waals surface area (Å²) in [6, 6.07) is 1.58. The normalized spacial score (nSPS) is 10.7. The number of halogens is 2. The molecule has 0 radical (unpaired) electrons. The van der Waals surface area contributed by atoms with E-state index in [1.165, 1.54) is 6.20 Å². The van der Waals surface area contributed by atoms with E-state index in [9.17, 15) is 13.6 Å². The molecule has 0 spiro atoms. The number of alkyl halides is 2. The Morgan fingerprint density at radius 1 is 1.61 bits per heavy atom. The smallest absolute Gasteiger partial charge is 0.339 e. The van der Waals surface area contributed by atoms with Gasteiger partial charge in [-0.25, -0.2) is 13.6 Å². The zero-order valence-corrected chi connectivity index (χ0v) is 9.82. The van der Waals surface area contributed by atoms with Crippen LogP contribution < -0.4 is 5.32 Å². The lowest BCUT2D eigenvalue weighted by atomic mass is 10.2. The van der Waals surface area contributed by atoms with Crippen LogP contribution in [0.2, 0.25) is 0 Å². The molecule has 1 rings (SSSR count). The average molecular weight is 260 g/mol. The lowest BCUT2D eigenvalue weighted by Crippen LogP contribution is -2.15. The van der Waals surface area contributed by atoms with Crippen LogP contribution in [0.25, 0.3) is 0 Å². The molecule has 0 aliphatic rings. The molecule has 5 nitrogen and oxygen atoms in total. The Balaban J connectivity index is 2.50. The van der Waals surface area contributed by atoms with Crippen molar-refractivity contribution in [2.45, 2.75) is 13.3 Å². The van der Waals surface area contributed by atoms with Gasteiger partial charge in [0.05, 0.1) is 12.3 Å². The zero-order chi connectivity index (χ0) is 13.5. The molecule has 0 bridgehead atoms. The Morgan fingerprint density at radius 2 is 2.33 bits per heavy atom. The summed E-state index contributed by atoms with van der Waals surface area (Å²) in [5.74, 6) is -1.10. The van der Waals surface area contributed by atoms with Crippen molar-refractivity contribution in [3.63, 3.8) is 0 Å². The molecule has 0 amide bonds. The van der Waals surface area contributed by atoms with Crippen molar-refractivity contribution >= 4 is 11.7 Å². The number of pyridine rings is 1. The van der Waals surface area contributed by atoms with Crippen molar-refractivity contribution in [3.05, 3.63) is 23.5 Å². The van der Waals surface area contributed by atoms with Crippen LogP contribution in [0.3, 0.4) is 0 Å². The minimum absolute atomic E-state index is 0.0365. The highest BCUT2D eigenvalue weighted by Crippen LogP contribution is 2.15. The van der Waals surface area contributed by atoms with E-state index in [-0.39, 0.29) is 18.7 Å². The van der Waals surface area contributed by atoms with Gasteiger partial charge in [-0.15, -0.1) is 0 Å². The topological polar surface area (TPSA) is 71.5 Å². The van der Waals surface area contributed by atoms with Crippen LogP contribution in [-0.4, -0.2) is 42.2 Å². The van der Waals surface area contributed by atoms with Gasteiger partial charge in [0.15, 0.2) is 0 Å². The molecule has 18 heavy (non-hydrogen) atoms. The molecule has 2 N–H and O–H groups in total. The first kappa shape index (κ1) is 14.3. The van der Waals surface area contributed by atoms with Crippen LogP contribution in [0, 0.1) is 6.92 Å². The lowest BCUT2D eigenvalue weighted by Gasteiger charge is -2.10. The molecular weight excluding hydrogens is 246 g/mol. The summed E-state index contributed by atoms with van der Waals surface area (Å²) in [7, 11) is 0. The maximum atomic E-state index is 11.8. The molecule has 0 aromatic carbocycles. The molecule has 1 aromatic heterocycles. The summed E-state index contributed by atoms with van der Waals surface area (Å²) < 4.78 is 28.2. The number of carboxylic acid groups (broad SMARTS) is 1. The van der Waals surface area contributed by atoms with E-state index in [0.29, 0.717) is 11.4 Å². The second-order valence-electron chi connectivity index (χ2n) is 3.57. The maximum Gasteiger partial charge on any atom is 0.339 e. The summed E-state index contributed by atoms with van der Waals surface area (Å²) in [6.07, 6.45) is -1.25. The number of ether oxygens (including phenoxy) is 1. The van der Waals surface area contributed by atoms with Crippen molar-refractivity contribution in [1.29, 1.82) is 0 Å². The number of hydrogen-bond donors (Lipinski definition) is 2. The summed E-state index contributed by atoms with van der Waals surface area (Å²) in [4.78, 5) is 14.8. The third kappa shape index (κ3) is 4.62. The van der Waals surface area contributed by atoms with E-state index in [1.807, 2.05) is 0 Å². The number of rotatable bonds is 7. The van der Waals surface area contributed by atoms with E-state index in [2.05, 4.69) is 15.0 Å². The van der Waals surface area contributed by atoms with Gasteiger partial charge in [0.25, 0.3) is 6.43 Å². The molecule has 0 saturated carbocycles. The molecule has 0 fully saturated rings. The van der Waals surface area contributed by atoms with Crippen molar-refractivity contribution in [3.8, 4) is 0 Å². The molecule has 1 aromatic rings. The SMILES string of the molecule is Cc1cc(NCCOCC(F)F)c(C(=O)O)cn1.